The largest absolute Gasteiger partial charge is 0.497 e. The van der Waals surface area contributed by atoms with Gasteiger partial charge in [-0.2, -0.15) is 11.3 Å². The highest BCUT2D eigenvalue weighted by molar-refractivity contribution is 7.07. The van der Waals surface area contributed by atoms with Crippen LogP contribution in [0.2, 0.25) is 0 Å². The van der Waals surface area contributed by atoms with Crippen LogP contribution in [-0.2, 0) is 11.2 Å². The standard InChI is InChI=1S/C17H19NO2S/c1-20-15-6-4-14(5-7-15)17(13-2-3-13)18-16(19)10-12-8-9-21-11-12/h4-9,11,13,17H,2-3,10H2,1H3,(H,18,19). The smallest absolute Gasteiger partial charge is 0.224 e. The molecule has 1 N–H and O–H groups in total. The summed E-state index contributed by atoms with van der Waals surface area (Å²) < 4.78 is 5.19. The van der Waals surface area contributed by atoms with Crippen LogP contribution >= 0.6 is 11.3 Å². The third-order valence-corrected chi connectivity index (χ3v) is 4.56. The number of methoxy groups -OCH3 is 1. The van der Waals surface area contributed by atoms with Crippen LogP contribution in [0, 0.1) is 5.92 Å². The van der Waals surface area contributed by atoms with Crippen LogP contribution in [0.25, 0.3) is 0 Å². The fourth-order valence-corrected chi connectivity index (χ4v) is 3.19. The second-order valence-corrected chi connectivity index (χ2v) is 6.24. The molecule has 21 heavy (non-hydrogen) atoms. The highest BCUT2D eigenvalue weighted by Crippen LogP contribution is 2.41. The quantitative estimate of drug-likeness (QED) is 0.886. The van der Waals surface area contributed by atoms with Gasteiger partial charge in [0.2, 0.25) is 5.91 Å². The molecule has 0 radical (unpaired) electrons. The molecule has 0 bridgehead atoms. The van der Waals surface area contributed by atoms with Gasteiger partial charge in [0, 0.05) is 0 Å². The molecule has 1 saturated carbocycles. The molecule has 1 atom stereocenters. The molecule has 3 rings (SSSR count). The Morgan fingerprint density at radius 3 is 2.67 bits per heavy atom. The average Bonchev–Trinajstić information content (AvgIpc) is 3.23. The van der Waals surface area contributed by atoms with Crippen molar-refractivity contribution in [1.29, 1.82) is 0 Å². The number of hydrogen-bond donors (Lipinski definition) is 1. The first kappa shape index (κ1) is 14.1. The van der Waals surface area contributed by atoms with Crippen molar-refractivity contribution in [2.45, 2.75) is 25.3 Å². The molecule has 1 aliphatic carbocycles. The number of amides is 1. The van der Waals surface area contributed by atoms with Gasteiger partial charge < -0.3 is 10.1 Å². The zero-order chi connectivity index (χ0) is 14.7. The number of carbonyl (C=O) groups excluding carboxylic acids is 1. The fourth-order valence-electron chi connectivity index (χ4n) is 2.52. The van der Waals surface area contributed by atoms with Crippen molar-refractivity contribution >= 4 is 17.2 Å². The van der Waals surface area contributed by atoms with Gasteiger partial charge in [0.15, 0.2) is 0 Å². The van der Waals surface area contributed by atoms with Crippen LogP contribution in [-0.4, -0.2) is 13.0 Å². The molecule has 4 heteroatoms. The molecule has 1 aromatic carbocycles. The number of hydrogen-bond acceptors (Lipinski definition) is 3. The van der Waals surface area contributed by atoms with Gasteiger partial charge in [-0.15, -0.1) is 0 Å². The predicted octanol–water partition coefficient (Wildman–Crippen LogP) is 3.57. The Hall–Kier alpha value is -1.81. The molecule has 0 spiro atoms. The van der Waals surface area contributed by atoms with Crippen LogP contribution in [0.3, 0.4) is 0 Å². The van der Waals surface area contributed by atoms with Gasteiger partial charge in [-0.1, -0.05) is 12.1 Å². The molecule has 110 valence electrons. The molecule has 1 amide bonds. The van der Waals surface area contributed by atoms with E-state index >= 15 is 0 Å². The molecule has 0 saturated heterocycles. The second-order valence-electron chi connectivity index (χ2n) is 5.46. The van der Waals surface area contributed by atoms with Crippen molar-refractivity contribution in [3.05, 3.63) is 52.2 Å². The lowest BCUT2D eigenvalue weighted by Gasteiger charge is -2.19. The number of nitrogens with one attached hydrogen (secondary N) is 1. The van der Waals surface area contributed by atoms with Crippen molar-refractivity contribution in [3.63, 3.8) is 0 Å². The third-order valence-electron chi connectivity index (χ3n) is 3.83. The van der Waals surface area contributed by atoms with Crippen LogP contribution in [0.15, 0.2) is 41.1 Å². The van der Waals surface area contributed by atoms with E-state index in [1.165, 1.54) is 12.8 Å². The molecule has 1 heterocycles. The van der Waals surface area contributed by atoms with Crippen molar-refractivity contribution in [3.8, 4) is 5.75 Å². The van der Waals surface area contributed by atoms with Crippen LogP contribution < -0.4 is 10.1 Å². The maximum Gasteiger partial charge on any atom is 0.224 e. The monoisotopic (exact) mass is 301 g/mol. The Labute approximate surface area is 129 Å². The van der Waals surface area contributed by atoms with Gasteiger partial charge in [0.1, 0.15) is 5.75 Å². The fraction of sp³-hybridized carbons (Fsp3) is 0.353. The average molecular weight is 301 g/mol. The molecule has 3 nitrogen and oxygen atoms in total. The molecule has 0 aliphatic heterocycles. The number of ether oxygens (including phenoxy) is 1. The molecule has 1 aliphatic rings. The summed E-state index contributed by atoms with van der Waals surface area (Å²) in [7, 11) is 1.66. The van der Waals surface area contributed by atoms with E-state index in [0.717, 1.165) is 16.9 Å². The minimum absolute atomic E-state index is 0.0983. The van der Waals surface area contributed by atoms with E-state index in [1.54, 1.807) is 18.4 Å². The summed E-state index contributed by atoms with van der Waals surface area (Å²) in [4.78, 5) is 12.2. The normalized spacial score (nSPS) is 15.5. The summed E-state index contributed by atoms with van der Waals surface area (Å²) in [6.45, 7) is 0. The molecule has 1 fully saturated rings. The van der Waals surface area contributed by atoms with Crippen molar-refractivity contribution in [1.82, 2.24) is 5.32 Å². The SMILES string of the molecule is COc1ccc(C(NC(=O)Cc2ccsc2)C2CC2)cc1. The number of thiophene rings is 1. The zero-order valence-electron chi connectivity index (χ0n) is 12.0. The molecular formula is C17H19NO2S. The lowest BCUT2D eigenvalue weighted by atomic mass is 10.0. The Kier molecular flexibility index (Phi) is 4.25. The predicted molar refractivity (Wildman–Crippen MR) is 84.6 cm³/mol. The Morgan fingerprint density at radius 1 is 1.33 bits per heavy atom. The van der Waals surface area contributed by atoms with Gasteiger partial charge in [0.05, 0.1) is 19.6 Å². The third kappa shape index (κ3) is 3.64. The number of benzene rings is 1. The van der Waals surface area contributed by atoms with Crippen molar-refractivity contribution < 1.29 is 9.53 Å². The van der Waals surface area contributed by atoms with E-state index in [4.69, 9.17) is 4.74 Å². The van der Waals surface area contributed by atoms with E-state index in [9.17, 15) is 4.79 Å². The van der Waals surface area contributed by atoms with E-state index in [1.807, 2.05) is 41.1 Å². The minimum Gasteiger partial charge on any atom is -0.497 e. The minimum atomic E-state index is 0.0983. The maximum absolute atomic E-state index is 12.2. The van der Waals surface area contributed by atoms with Gasteiger partial charge in [-0.05, 0) is 58.8 Å². The van der Waals surface area contributed by atoms with Crippen molar-refractivity contribution in [2.75, 3.05) is 7.11 Å². The lowest BCUT2D eigenvalue weighted by Crippen LogP contribution is -2.31. The highest BCUT2D eigenvalue weighted by Gasteiger charge is 2.33. The molecule has 2 aromatic rings. The van der Waals surface area contributed by atoms with Crippen LogP contribution in [0.4, 0.5) is 0 Å². The van der Waals surface area contributed by atoms with Crippen molar-refractivity contribution in [2.24, 2.45) is 5.92 Å². The van der Waals surface area contributed by atoms with Gasteiger partial charge >= 0.3 is 0 Å². The number of carbonyl (C=O) groups is 1. The summed E-state index contributed by atoms with van der Waals surface area (Å²) in [5.74, 6) is 1.52. The first-order valence-corrected chi connectivity index (χ1v) is 8.15. The van der Waals surface area contributed by atoms with Crippen LogP contribution in [0.1, 0.15) is 30.0 Å². The summed E-state index contributed by atoms with van der Waals surface area (Å²) in [5, 5.41) is 7.23. The molecule has 1 aromatic heterocycles. The Morgan fingerprint density at radius 2 is 2.10 bits per heavy atom. The molecular weight excluding hydrogens is 282 g/mol. The van der Waals surface area contributed by atoms with Gasteiger partial charge in [0.25, 0.3) is 0 Å². The zero-order valence-corrected chi connectivity index (χ0v) is 12.9. The summed E-state index contributed by atoms with van der Waals surface area (Å²) in [6.07, 6.45) is 2.84. The summed E-state index contributed by atoms with van der Waals surface area (Å²) >= 11 is 1.63. The van der Waals surface area contributed by atoms with E-state index in [0.29, 0.717) is 12.3 Å². The van der Waals surface area contributed by atoms with E-state index in [2.05, 4.69) is 5.32 Å². The second kappa shape index (κ2) is 6.31. The summed E-state index contributed by atoms with van der Waals surface area (Å²) in [6, 6.07) is 10.1. The van der Waals surface area contributed by atoms with E-state index in [-0.39, 0.29) is 11.9 Å². The highest BCUT2D eigenvalue weighted by atomic mass is 32.1. The van der Waals surface area contributed by atoms with Gasteiger partial charge in [-0.3, -0.25) is 4.79 Å². The summed E-state index contributed by atoms with van der Waals surface area (Å²) in [5.41, 5.74) is 2.25. The van der Waals surface area contributed by atoms with Gasteiger partial charge in [-0.25, -0.2) is 0 Å². The Bertz CT molecular complexity index is 588. The number of rotatable bonds is 6. The maximum atomic E-state index is 12.2. The molecule has 1 unspecified atom stereocenters. The Balaban J connectivity index is 1.67. The first-order chi connectivity index (χ1) is 10.3. The van der Waals surface area contributed by atoms with E-state index < -0.39 is 0 Å². The van der Waals surface area contributed by atoms with Crippen LogP contribution in [0.5, 0.6) is 5.75 Å². The first-order valence-electron chi connectivity index (χ1n) is 7.20. The lowest BCUT2D eigenvalue weighted by molar-refractivity contribution is -0.121. The topological polar surface area (TPSA) is 38.3 Å².